The molecule has 0 saturated carbocycles. The van der Waals surface area contributed by atoms with Gasteiger partial charge in [-0.3, -0.25) is 0 Å². The second-order valence-electron chi connectivity index (χ2n) is 0.512. The summed E-state index contributed by atoms with van der Waals surface area (Å²) in [6, 6.07) is 0. The molecule has 0 aliphatic heterocycles. The van der Waals surface area contributed by atoms with Crippen molar-refractivity contribution >= 4 is 0 Å². The van der Waals surface area contributed by atoms with Crippen LogP contribution in [0.2, 0.25) is 0 Å². The van der Waals surface area contributed by atoms with Crippen LogP contribution in [0.1, 0.15) is 2.85 Å². The molecule has 0 aromatic carbocycles. The Morgan fingerprint density at radius 2 is 1.67 bits per heavy atom. The third-order valence-corrected chi connectivity index (χ3v) is 0.129. The molecule has 0 unspecified atom stereocenters. The molecule has 0 amide bonds. The summed E-state index contributed by atoms with van der Waals surface area (Å²) in [7, 11) is 0. The molecule has 0 aliphatic carbocycles. The average molecular weight is 109 g/mol. The number of hydrogen-bond acceptors (Lipinski definition) is 2. The van der Waals surface area contributed by atoms with Crippen molar-refractivity contribution in [2.75, 3.05) is 13.2 Å². The fourth-order valence-electron chi connectivity index (χ4n) is 0. The predicted molar refractivity (Wildman–Crippen MR) is 18.4 cm³/mol. The smallest absolute Gasteiger partial charge is 1.00 e. The Hall–Kier alpha value is 1.92. The molecule has 30 valence electrons. The first-order valence-corrected chi connectivity index (χ1v) is 1.22. The van der Waals surface area contributed by atoms with Crippen LogP contribution in [0.25, 0.3) is 0 Å². The van der Waals surface area contributed by atoms with Crippen LogP contribution in [0.3, 0.4) is 0 Å². The van der Waals surface area contributed by atoms with Gasteiger partial charge in [0.05, 0.1) is 6.61 Å². The minimum Gasteiger partial charge on any atom is -1.00 e. The van der Waals surface area contributed by atoms with E-state index in [1.165, 1.54) is 0 Å². The Morgan fingerprint density at radius 1 is 1.50 bits per heavy atom. The van der Waals surface area contributed by atoms with E-state index in [2.05, 4.69) is 0 Å². The normalized spacial score (nSPS) is 5.00. The van der Waals surface area contributed by atoms with Gasteiger partial charge >= 0.3 is 59.1 Å². The molecule has 0 aromatic heterocycles. The van der Waals surface area contributed by atoms with Crippen molar-refractivity contribution in [1.29, 1.82) is 0 Å². The van der Waals surface area contributed by atoms with Gasteiger partial charge in [-0.15, -0.1) is 0 Å². The van der Waals surface area contributed by atoms with Crippen molar-refractivity contribution in [3.05, 3.63) is 0 Å². The summed E-state index contributed by atoms with van der Waals surface area (Å²) in [5, 5.41) is 7.75. The molecule has 3 N–H and O–H groups in total. The third-order valence-electron chi connectivity index (χ3n) is 0.129. The molecule has 0 saturated heterocycles. The van der Waals surface area contributed by atoms with E-state index in [4.69, 9.17) is 10.8 Å². The van der Waals surface area contributed by atoms with E-state index >= 15 is 0 Å². The molecule has 0 atom stereocenters. The topological polar surface area (TPSA) is 46.2 Å². The van der Waals surface area contributed by atoms with Gasteiger partial charge in [0, 0.05) is 6.54 Å². The molecule has 0 spiro atoms. The van der Waals surface area contributed by atoms with Crippen LogP contribution >= 0.6 is 0 Å². The summed E-state index contributed by atoms with van der Waals surface area (Å²) in [4.78, 5) is 0. The van der Waals surface area contributed by atoms with Gasteiger partial charge in [-0.2, -0.15) is 0 Å². The number of hydrogen-bond donors (Lipinski definition) is 2. The van der Waals surface area contributed by atoms with Gasteiger partial charge in [-0.1, -0.05) is 0 Å². The number of aliphatic hydroxyl groups excluding tert-OH is 1. The Balaban J connectivity index is -0.00000000750. The van der Waals surface area contributed by atoms with E-state index in [0.717, 1.165) is 0 Å². The second-order valence-corrected chi connectivity index (χ2v) is 0.512. The molecule has 0 aliphatic rings. The monoisotopic (exact) mass is 109 g/mol. The molecule has 2 nitrogen and oxygen atoms in total. The van der Waals surface area contributed by atoms with Crippen LogP contribution in [-0.4, -0.2) is 18.3 Å². The molecule has 0 rings (SSSR count). The molecular formula is C2H9NNa2O. The van der Waals surface area contributed by atoms with Crippen molar-refractivity contribution in [2.24, 2.45) is 5.73 Å². The van der Waals surface area contributed by atoms with Gasteiger partial charge < -0.3 is 13.7 Å². The summed E-state index contributed by atoms with van der Waals surface area (Å²) in [5.41, 5.74) is 4.78. The van der Waals surface area contributed by atoms with Crippen LogP contribution < -0.4 is 64.8 Å². The Kier molecular flexibility index (Phi) is 41.2. The minimum atomic E-state index is 0. The molecule has 0 heterocycles. The van der Waals surface area contributed by atoms with Crippen LogP contribution in [0.4, 0.5) is 0 Å². The van der Waals surface area contributed by atoms with Crippen molar-refractivity contribution in [3.63, 3.8) is 0 Å². The zero-order chi connectivity index (χ0) is 3.41. The van der Waals surface area contributed by atoms with Crippen LogP contribution in [0.5, 0.6) is 0 Å². The average Bonchev–Trinajstić information content (AvgIpc) is 1.37. The van der Waals surface area contributed by atoms with Crippen molar-refractivity contribution in [1.82, 2.24) is 0 Å². The SMILES string of the molecule is NCCO.[H-].[H-].[Na+].[Na+]. The standard InChI is InChI=1S/C2H7NO.2Na.2H/c3-1-2-4;;;;/h4H,1-3H2;;;;/q;2*+1;2*-1. The maximum atomic E-state index is 7.75. The fraction of sp³-hybridized carbons (Fsp3) is 1.00. The first kappa shape index (κ1) is 15.7. The first-order chi connectivity index (χ1) is 1.91. The van der Waals surface area contributed by atoms with Crippen molar-refractivity contribution in [3.8, 4) is 0 Å². The van der Waals surface area contributed by atoms with Gasteiger partial charge in [0.25, 0.3) is 0 Å². The van der Waals surface area contributed by atoms with Crippen LogP contribution in [0.15, 0.2) is 0 Å². The quantitative estimate of drug-likeness (QED) is 0.329. The second kappa shape index (κ2) is 15.8. The van der Waals surface area contributed by atoms with Gasteiger partial charge in [0.2, 0.25) is 0 Å². The molecular weight excluding hydrogens is 100 g/mol. The zero-order valence-electron chi connectivity index (χ0n) is 6.44. The summed E-state index contributed by atoms with van der Waals surface area (Å²) >= 11 is 0. The maximum absolute atomic E-state index is 7.75. The minimum absolute atomic E-state index is 0. The third kappa shape index (κ3) is 16.8. The van der Waals surface area contributed by atoms with E-state index in [1.54, 1.807) is 0 Å². The Labute approximate surface area is 85.0 Å². The van der Waals surface area contributed by atoms with Gasteiger partial charge in [0.1, 0.15) is 0 Å². The summed E-state index contributed by atoms with van der Waals surface area (Å²) in [6.45, 7) is 0.472. The number of nitrogens with two attached hydrogens (primary N) is 1. The number of aliphatic hydroxyl groups is 1. The zero-order valence-corrected chi connectivity index (χ0v) is 8.44. The Bertz CT molecular complexity index is 20.0. The predicted octanol–water partition coefficient (Wildman–Crippen LogP) is -6.83. The summed E-state index contributed by atoms with van der Waals surface area (Å²) in [6.07, 6.45) is 0. The van der Waals surface area contributed by atoms with E-state index in [-0.39, 0.29) is 68.6 Å². The number of rotatable bonds is 1. The van der Waals surface area contributed by atoms with E-state index in [1.807, 2.05) is 0 Å². The van der Waals surface area contributed by atoms with E-state index in [9.17, 15) is 0 Å². The summed E-state index contributed by atoms with van der Waals surface area (Å²) < 4.78 is 0. The molecule has 0 fully saturated rings. The molecule has 0 bridgehead atoms. The largest absolute Gasteiger partial charge is 1.00 e. The van der Waals surface area contributed by atoms with Crippen LogP contribution in [0, 0.1) is 0 Å². The molecule has 6 heavy (non-hydrogen) atoms. The maximum Gasteiger partial charge on any atom is 1.00 e. The summed E-state index contributed by atoms with van der Waals surface area (Å²) in [5.74, 6) is 0. The van der Waals surface area contributed by atoms with Gasteiger partial charge in [0.15, 0.2) is 0 Å². The van der Waals surface area contributed by atoms with E-state index in [0.29, 0.717) is 6.54 Å². The van der Waals surface area contributed by atoms with Crippen LogP contribution in [-0.2, 0) is 0 Å². The van der Waals surface area contributed by atoms with E-state index < -0.39 is 0 Å². The molecule has 0 radical (unpaired) electrons. The first-order valence-electron chi connectivity index (χ1n) is 1.22. The van der Waals surface area contributed by atoms with Gasteiger partial charge in [-0.05, 0) is 0 Å². The Morgan fingerprint density at radius 3 is 1.67 bits per heavy atom. The fourth-order valence-corrected chi connectivity index (χ4v) is 0. The van der Waals surface area contributed by atoms with Crippen molar-refractivity contribution < 1.29 is 67.1 Å². The molecule has 4 heteroatoms. The van der Waals surface area contributed by atoms with Gasteiger partial charge in [-0.25, -0.2) is 0 Å². The molecule has 0 aromatic rings. The van der Waals surface area contributed by atoms with Crippen molar-refractivity contribution in [2.45, 2.75) is 0 Å².